The van der Waals surface area contributed by atoms with Gasteiger partial charge in [0.2, 0.25) is 5.91 Å². The molecule has 0 radical (unpaired) electrons. The molecule has 40 heavy (non-hydrogen) atoms. The van der Waals surface area contributed by atoms with Crippen molar-refractivity contribution >= 4 is 40.0 Å². The van der Waals surface area contributed by atoms with E-state index < -0.39 is 27.4 Å². The average molecular weight is 573 g/mol. The van der Waals surface area contributed by atoms with Gasteiger partial charge in [-0.05, 0) is 36.6 Å². The number of sulfone groups is 1. The highest BCUT2D eigenvalue weighted by Gasteiger charge is 2.34. The van der Waals surface area contributed by atoms with Crippen LogP contribution in [0.5, 0.6) is 0 Å². The molecule has 11 nitrogen and oxygen atoms in total. The van der Waals surface area contributed by atoms with E-state index in [4.69, 9.17) is 5.41 Å². The van der Waals surface area contributed by atoms with E-state index in [9.17, 15) is 31.6 Å². The summed E-state index contributed by atoms with van der Waals surface area (Å²) in [5.41, 5.74) is 0.949. The normalized spacial score (nSPS) is 13.9. The molecular formula is C26H26F2N6O5S. The number of hydrogen-bond acceptors (Lipinski definition) is 8. The molecule has 1 aliphatic heterocycles. The van der Waals surface area contributed by atoms with Gasteiger partial charge in [-0.2, -0.15) is 9.78 Å². The van der Waals surface area contributed by atoms with Crippen molar-refractivity contribution in [3.63, 3.8) is 0 Å². The van der Waals surface area contributed by atoms with Crippen LogP contribution in [0.15, 0.2) is 42.6 Å². The molecule has 3 heterocycles. The lowest BCUT2D eigenvalue weighted by atomic mass is 9.92. The number of aldehydes is 1. The first-order valence-corrected chi connectivity index (χ1v) is 14.1. The highest BCUT2D eigenvalue weighted by atomic mass is 32.2. The van der Waals surface area contributed by atoms with Crippen LogP contribution in [0.3, 0.4) is 0 Å². The predicted molar refractivity (Wildman–Crippen MR) is 142 cm³/mol. The summed E-state index contributed by atoms with van der Waals surface area (Å²) in [7, 11) is -3.65. The van der Waals surface area contributed by atoms with Crippen molar-refractivity contribution in [3.8, 4) is 5.82 Å². The van der Waals surface area contributed by atoms with Crippen LogP contribution in [0, 0.1) is 11.3 Å². The maximum Gasteiger partial charge on any atom is 0.270 e. The molecule has 0 saturated carbocycles. The number of pyridine rings is 1. The van der Waals surface area contributed by atoms with E-state index in [1.165, 1.54) is 41.2 Å². The maximum absolute atomic E-state index is 13.5. The summed E-state index contributed by atoms with van der Waals surface area (Å²) in [6.07, 6.45) is 4.17. The number of benzene rings is 1. The third-order valence-electron chi connectivity index (χ3n) is 6.29. The summed E-state index contributed by atoms with van der Waals surface area (Å²) in [5.74, 6) is -4.89. The van der Waals surface area contributed by atoms with Crippen LogP contribution in [0.1, 0.15) is 44.5 Å². The molecule has 1 aromatic carbocycles. The molecule has 1 aliphatic rings. The number of likely N-dealkylation sites (tertiary alicyclic amines) is 1. The zero-order valence-corrected chi connectivity index (χ0v) is 22.4. The van der Waals surface area contributed by atoms with Crippen LogP contribution in [-0.4, -0.2) is 77.5 Å². The molecule has 4 rings (SSSR count). The van der Waals surface area contributed by atoms with Gasteiger partial charge in [0, 0.05) is 55.4 Å². The highest BCUT2D eigenvalue weighted by Crippen LogP contribution is 2.30. The Morgan fingerprint density at radius 1 is 1.18 bits per heavy atom. The van der Waals surface area contributed by atoms with Crippen LogP contribution in [0.4, 0.5) is 14.6 Å². The number of anilines is 1. The van der Waals surface area contributed by atoms with Gasteiger partial charge in [0.1, 0.15) is 11.6 Å². The van der Waals surface area contributed by atoms with Gasteiger partial charge in [-0.15, -0.1) is 0 Å². The lowest BCUT2D eigenvalue weighted by Gasteiger charge is -2.39. The van der Waals surface area contributed by atoms with Gasteiger partial charge in [-0.3, -0.25) is 14.4 Å². The van der Waals surface area contributed by atoms with Gasteiger partial charge in [-0.25, -0.2) is 22.2 Å². The monoisotopic (exact) mass is 572 g/mol. The predicted octanol–water partition coefficient (Wildman–Crippen LogP) is 2.49. The van der Waals surface area contributed by atoms with Crippen molar-refractivity contribution in [1.29, 1.82) is 5.41 Å². The Hall–Kier alpha value is -4.33. The summed E-state index contributed by atoms with van der Waals surface area (Å²) >= 11 is 0. The Morgan fingerprint density at radius 3 is 2.38 bits per heavy atom. The molecule has 14 heteroatoms. The van der Waals surface area contributed by atoms with Gasteiger partial charge in [0.05, 0.1) is 11.3 Å². The van der Waals surface area contributed by atoms with Gasteiger partial charge < -0.3 is 15.6 Å². The first kappa shape index (κ1) is 28.7. The Bertz CT molecular complexity index is 1560. The van der Waals surface area contributed by atoms with Crippen LogP contribution in [-0.2, 0) is 27.0 Å². The number of carbonyl (C=O) groups excluding carboxylic acids is 3. The molecule has 0 aliphatic carbocycles. The van der Waals surface area contributed by atoms with Gasteiger partial charge in [0.15, 0.2) is 21.9 Å². The number of nitrogens with one attached hydrogen (secondary N) is 2. The second-order valence-corrected chi connectivity index (χ2v) is 11.8. The molecular weight excluding hydrogens is 546 g/mol. The second-order valence-electron chi connectivity index (χ2n) is 9.70. The van der Waals surface area contributed by atoms with Crippen LogP contribution in [0.25, 0.3) is 5.82 Å². The number of aromatic nitrogens is 3. The zero-order chi connectivity index (χ0) is 29.2. The molecule has 2 aromatic heterocycles. The van der Waals surface area contributed by atoms with Crippen LogP contribution >= 0.6 is 0 Å². The lowest BCUT2D eigenvalue weighted by Crippen LogP contribution is -2.50. The molecule has 1 fully saturated rings. The summed E-state index contributed by atoms with van der Waals surface area (Å²) in [4.78, 5) is 43.1. The molecule has 3 aromatic rings. The smallest absolute Gasteiger partial charge is 0.270 e. The third-order valence-corrected chi connectivity index (χ3v) is 7.07. The Morgan fingerprint density at radius 2 is 1.85 bits per heavy atom. The van der Waals surface area contributed by atoms with Crippen molar-refractivity contribution in [2.75, 3.05) is 30.4 Å². The lowest BCUT2D eigenvalue weighted by molar-refractivity contribution is -0.113. The van der Waals surface area contributed by atoms with Gasteiger partial charge >= 0.3 is 0 Å². The topological polar surface area (TPSA) is 155 Å². The first-order valence-electron chi connectivity index (χ1n) is 12.1. The summed E-state index contributed by atoms with van der Waals surface area (Å²) in [6.45, 7) is 1.44. The van der Waals surface area contributed by atoms with Crippen molar-refractivity contribution in [1.82, 2.24) is 19.7 Å². The Labute approximate surface area is 228 Å². The number of amides is 2. The van der Waals surface area contributed by atoms with Crippen molar-refractivity contribution < 1.29 is 31.6 Å². The largest absolute Gasteiger partial charge is 0.338 e. The number of hydrogen-bond donors (Lipinski definition) is 2. The maximum atomic E-state index is 13.5. The number of halogens is 2. The molecule has 0 spiro atoms. The fraction of sp³-hybridized carbons (Fsp3) is 0.308. The van der Waals surface area contributed by atoms with Gasteiger partial charge in [-0.1, -0.05) is 12.1 Å². The SMILES string of the molecule is CC(F)(F)c1ccc(C(=O)N2CC(Cc3nn(-c4ccc(C=N)cn4)c(NC(=O)CS(C)(=O)=O)c3C=O)C2)cc1. The Kier molecular flexibility index (Phi) is 7.91. The fourth-order valence-electron chi connectivity index (χ4n) is 4.28. The quantitative estimate of drug-likeness (QED) is 0.279. The summed E-state index contributed by atoms with van der Waals surface area (Å²) < 4.78 is 51.4. The molecule has 2 N–H and O–H groups in total. The minimum atomic E-state index is -3.65. The van der Waals surface area contributed by atoms with Crippen molar-refractivity contribution in [3.05, 3.63) is 70.5 Å². The summed E-state index contributed by atoms with van der Waals surface area (Å²) in [5, 5.41) is 14.3. The molecule has 0 bridgehead atoms. The van der Waals surface area contributed by atoms with Crippen LogP contribution in [0.2, 0.25) is 0 Å². The van der Waals surface area contributed by atoms with Crippen LogP contribution < -0.4 is 5.32 Å². The molecule has 210 valence electrons. The number of nitrogens with zero attached hydrogens (tertiary/aromatic N) is 4. The van der Waals surface area contributed by atoms with Crippen molar-refractivity contribution in [2.24, 2.45) is 5.92 Å². The zero-order valence-electron chi connectivity index (χ0n) is 21.6. The first-order chi connectivity index (χ1) is 18.8. The average Bonchev–Trinajstić information content (AvgIpc) is 3.20. The molecule has 1 saturated heterocycles. The molecule has 0 atom stereocenters. The van der Waals surface area contributed by atoms with E-state index >= 15 is 0 Å². The van der Waals surface area contributed by atoms with Gasteiger partial charge in [0.25, 0.3) is 11.8 Å². The molecule has 2 amide bonds. The van der Waals surface area contributed by atoms with Crippen molar-refractivity contribution in [2.45, 2.75) is 19.3 Å². The van der Waals surface area contributed by atoms with E-state index in [2.05, 4.69) is 15.4 Å². The standard InChI is InChI=1S/C26H26F2N6O5S/c1-26(27,28)19-6-4-18(5-7-19)25(37)33-12-17(13-33)9-21-20(14-35)24(31-23(36)15-40(2,38)39)34(32-21)22-8-3-16(10-29)11-30-22/h3-8,10-11,14,17,29H,9,12-13,15H2,1-2H3,(H,31,36). The van der Waals surface area contributed by atoms with E-state index in [-0.39, 0.29) is 46.6 Å². The van der Waals surface area contributed by atoms with E-state index in [0.29, 0.717) is 30.6 Å². The number of carbonyl (C=O) groups is 3. The minimum absolute atomic E-state index is 0.0423. The third kappa shape index (κ3) is 6.45. The summed E-state index contributed by atoms with van der Waals surface area (Å²) in [6, 6.07) is 8.27. The van der Waals surface area contributed by atoms with E-state index in [0.717, 1.165) is 19.4 Å². The fourth-order valence-corrected chi connectivity index (χ4v) is 4.83. The van der Waals surface area contributed by atoms with E-state index in [1.54, 1.807) is 11.0 Å². The Balaban J connectivity index is 1.54. The number of rotatable bonds is 10. The highest BCUT2D eigenvalue weighted by molar-refractivity contribution is 7.91. The number of alkyl halides is 2. The molecule has 0 unspecified atom stereocenters. The minimum Gasteiger partial charge on any atom is -0.338 e. The van der Waals surface area contributed by atoms with E-state index in [1.807, 2.05) is 0 Å². The second kappa shape index (κ2) is 11.0.